The lowest BCUT2D eigenvalue weighted by molar-refractivity contribution is 0.104. The quantitative estimate of drug-likeness (QED) is 0.595. The fraction of sp³-hybridized carbons (Fsp3) is 0.333. The van der Waals surface area contributed by atoms with E-state index in [1.54, 1.807) is 16.5 Å². The summed E-state index contributed by atoms with van der Waals surface area (Å²) in [5, 5.41) is 10.8. The predicted molar refractivity (Wildman–Crippen MR) is 55.2 cm³/mol. The van der Waals surface area contributed by atoms with Crippen molar-refractivity contribution < 1.29 is 9.90 Å². The first-order valence-corrected chi connectivity index (χ1v) is 4.95. The summed E-state index contributed by atoms with van der Waals surface area (Å²) in [6.45, 7) is -0.124. The molecule has 0 atom stereocenters. The number of ketones is 1. The summed E-state index contributed by atoms with van der Waals surface area (Å²) in [5.41, 5.74) is 0.539. The number of hydrogen-bond acceptors (Lipinski definition) is 5. The van der Waals surface area contributed by atoms with Gasteiger partial charge in [-0.05, 0) is 0 Å². The maximum atomic E-state index is 11.4. The highest BCUT2D eigenvalue weighted by Crippen LogP contribution is 2.10. The number of hydrogen-bond donors (Lipinski definition) is 1. The number of aromatic nitrogens is 1. The van der Waals surface area contributed by atoms with Crippen molar-refractivity contribution in [2.45, 2.75) is 6.61 Å². The molecule has 0 fully saturated rings. The van der Waals surface area contributed by atoms with Crippen molar-refractivity contribution in [3.8, 4) is 0 Å². The van der Waals surface area contributed by atoms with E-state index >= 15 is 0 Å². The van der Waals surface area contributed by atoms with Crippen LogP contribution in [0.15, 0.2) is 17.7 Å². The molecule has 0 radical (unpaired) electrons. The molecule has 76 valence electrons. The van der Waals surface area contributed by atoms with Crippen LogP contribution in [0, 0.1) is 0 Å². The van der Waals surface area contributed by atoms with Crippen LogP contribution in [-0.2, 0) is 6.61 Å². The molecule has 0 aliphatic carbocycles. The summed E-state index contributed by atoms with van der Waals surface area (Å²) in [4.78, 5) is 17.2. The highest BCUT2D eigenvalue weighted by atomic mass is 32.1. The molecule has 0 bridgehead atoms. The Kier molecular flexibility index (Phi) is 3.79. The number of nitrogens with zero attached hydrogens (tertiary/aromatic N) is 2. The van der Waals surface area contributed by atoms with E-state index in [4.69, 9.17) is 5.11 Å². The summed E-state index contributed by atoms with van der Waals surface area (Å²) >= 11 is 1.24. The van der Waals surface area contributed by atoms with Gasteiger partial charge in [0.15, 0.2) is 5.01 Å². The number of carbonyl (C=O) groups excluding carboxylic acids is 1. The number of allylic oxidation sites excluding steroid dienone is 1. The van der Waals surface area contributed by atoms with Crippen LogP contribution in [0.3, 0.4) is 0 Å². The first-order valence-electron chi connectivity index (χ1n) is 4.07. The molecule has 0 aliphatic heterocycles. The number of carbonyl (C=O) groups is 1. The van der Waals surface area contributed by atoms with Crippen LogP contribution in [0.5, 0.6) is 0 Å². The van der Waals surface area contributed by atoms with E-state index in [9.17, 15) is 4.79 Å². The standard InChI is InChI=1S/C9H12N2O2S/c1-11(2)4-3-8(13)9-10-7(5-12)6-14-9/h3-4,6,12H,5H2,1-2H3. The summed E-state index contributed by atoms with van der Waals surface area (Å²) in [7, 11) is 3.68. The molecule has 0 aliphatic rings. The fourth-order valence-corrected chi connectivity index (χ4v) is 1.51. The molecule has 1 aromatic heterocycles. The number of aliphatic hydroxyl groups is 1. The number of rotatable bonds is 4. The molecular formula is C9H12N2O2S. The second kappa shape index (κ2) is 4.88. The van der Waals surface area contributed by atoms with E-state index in [2.05, 4.69) is 4.98 Å². The first kappa shape index (κ1) is 10.9. The maximum Gasteiger partial charge on any atom is 0.215 e. The van der Waals surface area contributed by atoms with E-state index < -0.39 is 0 Å². The van der Waals surface area contributed by atoms with Gasteiger partial charge in [-0.1, -0.05) is 0 Å². The Morgan fingerprint density at radius 1 is 1.71 bits per heavy atom. The van der Waals surface area contributed by atoms with E-state index in [1.165, 1.54) is 17.4 Å². The summed E-state index contributed by atoms with van der Waals surface area (Å²) in [5.74, 6) is -0.136. The van der Waals surface area contributed by atoms with Crippen LogP contribution in [-0.4, -0.2) is 34.9 Å². The van der Waals surface area contributed by atoms with Gasteiger partial charge in [-0.2, -0.15) is 0 Å². The van der Waals surface area contributed by atoms with Gasteiger partial charge in [0.05, 0.1) is 12.3 Å². The Balaban J connectivity index is 2.70. The van der Waals surface area contributed by atoms with Crippen LogP contribution in [0.4, 0.5) is 0 Å². The SMILES string of the molecule is CN(C)C=CC(=O)c1nc(CO)cs1. The van der Waals surface area contributed by atoms with Crippen molar-refractivity contribution in [1.29, 1.82) is 0 Å². The molecule has 1 heterocycles. The molecule has 5 heteroatoms. The summed E-state index contributed by atoms with van der Waals surface area (Å²) in [6.07, 6.45) is 3.13. The first-order chi connectivity index (χ1) is 6.63. The van der Waals surface area contributed by atoms with Gasteiger partial charge in [-0.15, -0.1) is 11.3 Å². The van der Waals surface area contributed by atoms with Gasteiger partial charge in [-0.3, -0.25) is 4.79 Å². The van der Waals surface area contributed by atoms with Gasteiger partial charge in [-0.25, -0.2) is 4.98 Å². The van der Waals surface area contributed by atoms with Crippen LogP contribution in [0.1, 0.15) is 15.5 Å². The van der Waals surface area contributed by atoms with Crippen LogP contribution >= 0.6 is 11.3 Å². The van der Waals surface area contributed by atoms with Gasteiger partial charge in [0.25, 0.3) is 0 Å². The lowest BCUT2D eigenvalue weighted by Crippen LogP contribution is -2.03. The molecule has 4 nitrogen and oxygen atoms in total. The minimum Gasteiger partial charge on any atom is -0.390 e. The Morgan fingerprint density at radius 3 is 2.93 bits per heavy atom. The molecule has 0 unspecified atom stereocenters. The molecule has 1 aromatic rings. The maximum absolute atomic E-state index is 11.4. The Morgan fingerprint density at radius 2 is 2.43 bits per heavy atom. The minimum atomic E-state index is -0.136. The summed E-state index contributed by atoms with van der Waals surface area (Å²) in [6, 6.07) is 0. The average Bonchev–Trinajstić information content (AvgIpc) is 2.62. The third-order valence-electron chi connectivity index (χ3n) is 1.45. The molecule has 1 N–H and O–H groups in total. The zero-order valence-electron chi connectivity index (χ0n) is 8.10. The topological polar surface area (TPSA) is 53.4 Å². The van der Waals surface area contributed by atoms with Gasteiger partial charge in [0, 0.05) is 31.8 Å². The normalized spacial score (nSPS) is 10.8. The van der Waals surface area contributed by atoms with E-state index in [1.807, 2.05) is 14.1 Å². The van der Waals surface area contributed by atoms with Gasteiger partial charge < -0.3 is 10.0 Å². The third-order valence-corrected chi connectivity index (χ3v) is 2.35. The van der Waals surface area contributed by atoms with E-state index in [0.717, 1.165) is 0 Å². The Labute approximate surface area is 86.5 Å². The Hall–Kier alpha value is -1.20. The second-order valence-electron chi connectivity index (χ2n) is 2.95. The monoisotopic (exact) mass is 212 g/mol. The van der Waals surface area contributed by atoms with Crippen molar-refractivity contribution in [3.05, 3.63) is 28.4 Å². The van der Waals surface area contributed by atoms with Crippen molar-refractivity contribution in [2.75, 3.05) is 14.1 Å². The smallest absolute Gasteiger partial charge is 0.215 e. The zero-order valence-corrected chi connectivity index (χ0v) is 8.91. The zero-order chi connectivity index (χ0) is 10.6. The summed E-state index contributed by atoms with van der Waals surface area (Å²) < 4.78 is 0. The fourth-order valence-electron chi connectivity index (χ4n) is 0.781. The average molecular weight is 212 g/mol. The van der Waals surface area contributed by atoms with Crippen LogP contribution in [0.2, 0.25) is 0 Å². The molecule has 0 saturated carbocycles. The number of aliphatic hydroxyl groups excluding tert-OH is 1. The van der Waals surface area contributed by atoms with Crippen molar-refractivity contribution in [3.63, 3.8) is 0 Å². The lowest BCUT2D eigenvalue weighted by Gasteiger charge is -2.01. The van der Waals surface area contributed by atoms with Gasteiger partial charge in [0.2, 0.25) is 5.78 Å². The van der Waals surface area contributed by atoms with Crippen molar-refractivity contribution in [2.24, 2.45) is 0 Å². The van der Waals surface area contributed by atoms with E-state index in [-0.39, 0.29) is 12.4 Å². The Bertz CT molecular complexity index is 344. The third kappa shape index (κ3) is 2.93. The van der Waals surface area contributed by atoms with Crippen molar-refractivity contribution >= 4 is 17.1 Å². The molecule has 1 rings (SSSR count). The number of thiazole rings is 1. The van der Waals surface area contributed by atoms with Crippen LogP contribution < -0.4 is 0 Å². The minimum absolute atomic E-state index is 0.124. The molecule has 14 heavy (non-hydrogen) atoms. The molecule has 0 amide bonds. The van der Waals surface area contributed by atoms with Gasteiger partial charge >= 0.3 is 0 Å². The molecular weight excluding hydrogens is 200 g/mol. The highest BCUT2D eigenvalue weighted by Gasteiger charge is 2.07. The largest absolute Gasteiger partial charge is 0.390 e. The highest BCUT2D eigenvalue weighted by molar-refractivity contribution is 7.11. The van der Waals surface area contributed by atoms with Crippen molar-refractivity contribution in [1.82, 2.24) is 9.88 Å². The second-order valence-corrected chi connectivity index (χ2v) is 3.80. The molecule has 0 saturated heterocycles. The predicted octanol–water partition coefficient (Wildman–Crippen LogP) is 0.893. The lowest BCUT2D eigenvalue weighted by atomic mass is 10.4. The molecule has 0 spiro atoms. The van der Waals surface area contributed by atoms with Gasteiger partial charge in [0.1, 0.15) is 0 Å². The van der Waals surface area contributed by atoms with Crippen LogP contribution in [0.25, 0.3) is 0 Å². The molecule has 0 aromatic carbocycles. The van der Waals surface area contributed by atoms with E-state index in [0.29, 0.717) is 10.7 Å².